The largest absolute Gasteiger partial charge is 0.484 e. The highest BCUT2D eigenvalue weighted by molar-refractivity contribution is 7.13. The minimum absolute atomic E-state index is 0.00868. The molecule has 1 amide bonds. The minimum Gasteiger partial charge on any atom is -0.484 e. The van der Waals surface area contributed by atoms with Gasteiger partial charge in [0.2, 0.25) is 0 Å². The van der Waals surface area contributed by atoms with E-state index in [1.54, 1.807) is 23.7 Å². The van der Waals surface area contributed by atoms with Crippen LogP contribution in [0.15, 0.2) is 48.1 Å². The van der Waals surface area contributed by atoms with Gasteiger partial charge in [0, 0.05) is 23.3 Å². The molecule has 0 aliphatic heterocycles. The molecule has 0 saturated heterocycles. The molecule has 1 aromatic carbocycles. The van der Waals surface area contributed by atoms with Crippen LogP contribution in [0.4, 0.5) is 0 Å². The molecule has 5 nitrogen and oxygen atoms in total. The fourth-order valence-corrected chi connectivity index (χ4v) is 3.19. The highest BCUT2D eigenvalue weighted by Crippen LogP contribution is 2.22. The zero-order valence-corrected chi connectivity index (χ0v) is 15.0. The van der Waals surface area contributed by atoms with Crippen LogP contribution in [0, 0.1) is 13.8 Å². The summed E-state index contributed by atoms with van der Waals surface area (Å²) in [5.74, 6) is 0.563. The molecule has 25 heavy (non-hydrogen) atoms. The molecule has 0 aliphatic carbocycles. The molecule has 2 aromatic heterocycles. The van der Waals surface area contributed by atoms with E-state index in [1.807, 2.05) is 49.6 Å². The predicted molar refractivity (Wildman–Crippen MR) is 98.6 cm³/mol. The monoisotopic (exact) mass is 353 g/mol. The van der Waals surface area contributed by atoms with Crippen molar-refractivity contribution in [3.05, 3.63) is 64.9 Å². The summed E-state index contributed by atoms with van der Waals surface area (Å²) in [6.07, 6.45) is 3.48. The van der Waals surface area contributed by atoms with Crippen molar-refractivity contribution >= 4 is 17.2 Å². The van der Waals surface area contributed by atoms with E-state index in [-0.39, 0.29) is 12.5 Å². The van der Waals surface area contributed by atoms with Gasteiger partial charge in [0.15, 0.2) is 6.61 Å². The number of thiazole rings is 1. The van der Waals surface area contributed by atoms with Gasteiger partial charge in [0.05, 0.1) is 12.2 Å². The number of ether oxygens (including phenoxy) is 1. The van der Waals surface area contributed by atoms with Crippen LogP contribution in [-0.4, -0.2) is 22.5 Å². The first-order chi connectivity index (χ1) is 12.1. The number of pyridine rings is 1. The molecule has 3 aromatic rings. The predicted octanol–water partition coefficient (Wildman–Crippen LogP) is 3.52. The molecule has 128 valence electrons. The van der Waals surface area contributed by atoms with Gasteiger partial charge in [-0.2, -0.15) is 0 Å². The molecule has 0 radical (unpaired) electrons. The third-order valence-electron chi connectivity index (χ3n) is 3.63. The number of aryl methyl sites for hydroxylation is 2. The Labute approximate surface area is 150 Å². The zero-order chi connectivity index (χ0) is 17.6. The Balaban J connectivity index is 1.50. The van der Waals surface area contributed by atoms with E-state index in [2.05, 4.69) is 15.3 Å². The van der Waals surface area contributed by atoms with E-state index >= 15 is 0 Å². The number of rotatable bonds is 6. The summed E-state index contributed by atoms with van der Waals surface area (Å²) in [4.78, 5) is 20.5. The van der Waals surface area contributed by atoms with Crippen LogP contribution >= 0.6 is 11.3 Å². The van der Waals surface area contributed by atoms with Crippen LogP contribution in [0.2, 0.25) is 0 Å². The number of nitrogens with one attached hydrogen (secondary N) is 1. The van der Waals surface area contributed by atoms with E-state index in [1.165, 1.54) is 5.56 Å². The lowest BCUT2D eigenvalue weighted by atomic mass is 10.1. The Morgan fingerprint density at radius 3 is 2.76 bits per heavy atom. The summed E-state index contributed by atoms with van der Waals surface area (Å²) in [6, 6.07) is 9.72. The second-order valence-electron chi connectivity index (χ2n) is 5.71. The van der Waals surface area contributed by atoms with Gasteiger partial charge >= 0.3 is 0 Å². The molecule has 6 heteroatoms. The fourth-order valence-electron chi connectivity index (χ4n) is 2.36. The van der Waals surface area contributed by atoms with E-state index in [9.17, 15) is 4.79 Å². The number of hydrogen-bond donors (Lipinski definition) is 1. The van der Waals surface area contributed by atoms with Crippen molar-refractivity contribution in [1.29, 1.82) is 0 Å². The molecule has 0 atom stereocenters. The lowest BCUT2D eigenvalue weighted by molar-refractivity contribution is -0.123. The Hall–Kier alpha value is -2.73. The van der Waals surface area contributed by atoms with E-state index in [4.69, 9.17) is 4.74 Å². The van der Waals surface area contributed by atoms with Gasteiger partial charge in [-0.25, -0.2) is 4.98 Å². The van der Waals surface area contributed by atoms with Gasteiger partial charge in [0.1, 0.15) is 10.8 Å². The lowest BCUT2D eigenvalue weighted by Crippen LogP contribution is -2.28. The molecule has 3 rings (SSSR count). The van der Waals surface area contributed by atoms with Crippen LogP contribution in [0.25, 0.3) is 10.6 Å². The number of carbonyl (C=O) groups is 1. The van der Waals surface area contributed by atoms with Crippen molar-refractivity contribution < 1.29 is 9.53 Å². The molecular weight excluding hydrogens is 334 g/mol. The Morgan fingerprint density at radius 2 is 2.00 bits per heavy atom. The third kappa shape index (κ3) is 4.64. The fraction of sp³-hybridized carbons (Fsp3) is 0.211. The summed E-state index contributed by atoms with van der Waals surface area (Å²) in [7, 11) is 0. The maximum absolute atomic E-state index is 12.0. The van der Waals surface area contributed by atoms with Crippen LogP contribution in [0.3, 0.4) is 0 Å². The summed E-state index contributed by atoms with van der Waals surface area (Å²) < 4.78 is 5.58. The first-order valence-corrected chi connectivity index (χ1v) is 8.81. The first kappa shape index (κ1) is 17.1. The number of carbonyl (C=O) groups excluding carboxylic acids is 1. The van der Waals surface area contributed by atoms with Crippen molar-refractivity contribution in [2.45, 2.75) is 20.4 Å². The van der Waals surface area contributed by atoms with Gasteiger partial charge < -0.3 is 10.1 Å². The number of nitrogens with zero attached hydrogens (tertiary/aromatic N) is 2. The summed E-state index contributed by atoms with van der Waals surface area (Å²) in [5.41, 5.74) is 4.05. The van der Waals surface area contributed by atoms with Crippen molar-refractivity contribution in [3.8, 4) is 16.3 Å². The highest BCUT2D eigenvalue weighted by atomic mass is 32.1. The van der Waals surface area contributed by atoms with Gasteiger partial charge in [-0.05, 0) is 37.6 Å². The standard InChI is InChI=1S/C19H19N3O2S/c1-13-3-4-17(14(2)9-13)24-11-18(23)21-10-16-12-25-19(22-16)15-5-7-20-8-6-15/h3-9,12H,10-11H2,1-2H3,(H,21,23). The number of amides is 1. The van der Waals surface area contributed by atoms with Gasteiger partial charge in [-0.1, -0.05) is 17.7 Å². The van der Waals surface area contributed by atoms with Crippen LogP contribution < -0.4 is 10.1 Å². The molecule has 2 heterocycles. The molecule has 0 bridgehead atoms. The van der Waals surface area contributed by atoms with E-state index < -0.39 is 0 Å². The van der Waals surface area contributed by atoms with Crippen LogP contribution in [-0.2, 0) is 11.3 Å². The summed E-state index contributed by atoms with van der Waals surface area (Å²) in [6.45, 7) is 4.37. The lowest BCUT2D eigenvalue weighted by Gasteiger charge is -2.09. The first-order valence-electron chi connectivity index (χ1n) is 7.93. The van der Waals surface area contributed by atoms with Crippen LogP contribution in [0.1, 0.15) is 16.8 Å². The third-order valence-corrected chi connectivity index (χ3v) is 4.58. The van der Waals surface area contributed by atoms with Gasteiger partial charge in [-0.3, -0.25) is 9.78 Å². The molecule has 0 spiro atoms. The Bertz CT molecular complexity index is 862. The van der Waals surface area contributed by atoms with E-state index in [0.717, 1.165) is 27.6 Å². The van der Waals surface area contributed by atoms with Crippen molar-refractivity contribution in [2.75, 3.05) is 6.61 Å². The smallest absolute Gasteiger partial charge is 0.258 e. The second-order valence-corrected chi connectivity index (χ2v) is 6.57. The number of aromatic nitrogens is 2. The van der Waals surface area contributed by atoms with Gasteiger partial charge in [0.25, 0.3) is 5.91 Å². The van der Waals surface area contributed by atoms with Crippen molar-refractivity contribution in [1.82, 2.24) is 15.3 Å². The topological polar surface area (TPSA) is 64.1 Å². The van der Waals surface area contributed by atoms with Crippen molar-refractivity contribution in [3.63, 3.8) is 0 Å². The van der Waals surface area contributed by atoms with E-state index in [0.29, 0.717) is 6.54 Å². The maximum Gasteiger partial charge on any atom is 0.258 e. The number of benzene rings is 1. The summed E-state index contributed by atoms with van der Waals surface area (Å²) >= 11 is 1.55. The molecular formula is C19H19N3O2S. The highest BCUT2D eigenvalue weighted by Gasteiger charge is 2.08. The molecule has 0 unspecified atom stereocenters. The molecule has 0 fully saturated rings. The van der Waals surface area contributed by atoms with Crippen LogP contribution in [0.5, 0.6) is 5.75 Å². The quantitative estimate of drug-likeness (QED) is 0.736. The average molecular weight is 353 g/mol. The molecule has 0 aliphatic rings. The summed E-state index contributed by atoms with van der Waals surface area (Å²) in [5, 5.41) is 5.69. The van der Waals surface area contributed by atoms with Crippen molar-refractivity contribution in [2.24, 2.45) is 0 Å². The Kier molecular flexibility index (Phi) is 5.40. The minimum atomic E-state index is -0.168. The van der Waals surface area contributed by atoms with Gasteiger partial charge in [-0.15, -0.1) is 11.3 Å². The molecule has 1 N–H and O–H groups in total. The number of hydrogen-bond acceptors (Lipinski definition) is 5. The normalized spacial score (nSPS) is 10.5. The average Bonchev–Trinajstić information content (AvgIpc) is 3.09. The second kappa shape index (κ2) is 7.90. The maximum atomic E-state index is 12.0. The molecule has 0 saturated carbocycles. The zero-order valence-electron chi connectivity index (χ0n) is 14.2. The SMILES string of the molecule is Cc1ccc(OCC(=O)NCc2csc(-c3ccncc3)n2)c(C)c1. The Morgan fingerprint density at radius 1 is 1.20 bits per heavy atom.